The second-order valence-electron chi connectivity index (χ2n) is 4.69. The highest BCUT2D eigenvalue weighted by Crippen LogP contribution is 2.20. The van der Waals surface area contributed by atoms with Crippen molar-refractivity contribution in [1.29, 1.82) is 0 Å². The zero-order valence-electron chi connectivity index (χ0n) is 10.7. The molecule has 1 aliphatic heterocycles. The van der Waals surface area contributed by atoms with Crippen molar-refractivity contribution in [2.45, 2.75) is 12.7 Å². The average molecular weight is 307 g/mol. The standard InChI is InChI=1S/C13H14ClF3N2O/c14-11-3-1-10(2-4-11)9-18-5-7-19(8-6-18)12(20)13(15,16)17/h1-4H,5-9H2. The summed E-state index contributed by atoms with van der Waals surface area (Å²) in [5.41, 5.74) is 1.05. The Morgan fingerprint density at radius 1 is 1.10 bits per heavy atom. The minimum Gasteiger partial charge on any atom is -0.332 e. The summed E-state index contributed by atoms with van der Waals surface area (Å²) >= 11 is 5.79. The Labute approximate surface area is 119 Å². The molecule has 1 fully saturated rings. The van der Waals surface area contributed by atoms with Gasteiger partial charge in [-0.2, -0.15) is 13.2 Å². The predicted octanol–water partition coefficient (Wildman–Crippen LogP) is 2.55. The smallest absolute Gasteiger partial charge is 0.332 e. The van der Waals surface area contributed by atoms with Crippen LogP contribution in [0.1, 0.15) is 5.56 Å². The van der Waals surface area contributed by atoms with Gasteiger partial charge in [-0.15, -0.1) is 0 Å². The molecule has 2 rings (SSSR count). The first-order valence-corrected chi connectivity index (χ1v) is 6.57. The topological polar surface area (TPSA) is 23.6 Å². The van der Waals surface area contributed by atoms with Crippen molar-refractivity contribution in [3.05, 3.63) is 34.9 Å². The van der Waals surface area contributed by atoms with Crippen molar-refractivity contribution >= 4 is 17.5 Å². The van der Waals surface area contributed by atoms with Crippen LogP contribution >= 0.6 is 11.6 Å². The number of benzene rings is 1. The number of hydrogen-bond acceptors (Lipinski definition) is 2. The summed E-state index contributed by atoms with van der Waals surface area (Å²) in [4.78, 5) is 14.0. The highest BCUT2D eigenvalue weighted by Gasteiger charge is 2.43. The minimum absolute atomic E-state index is 0.103. The van der Waals surface area contributed by atoms with E-state index in [4.69, 9.17) is 11.6 Å². The molecule has 0 aliphatic carbocycles. The maximum atomic E-state index is 12.3. The van der Waals surface area contributed by atoms with E-state index in [0.717, 1.165) is 10.5 Å². The van der Waals surface area contributed by atoms with Gasteiger partial charge in [0.25, 0.3) is 0 Å². The summed E-state index contributed by atoms with van der Waals surface area (Å²) in [6.45, 7) is 1.72. The van der Waals surface area contributed by atoms with E-state index in [1.165, 1.54) is 0 Å². The van der Waals surface area contributed by atoms with E-state index in [1.807, 2.05) is 17.0 Å². The molecule has 1 aliphatic rings. The molecular weight excluding hydrogens is 293 g/mol. The lowest BCUT2D eigenvalue weighted by Gasteiger charge is -2.34. The molecule has 3 nitrogen and oxygen atoms in total. The summed E-state index contributed by atoms with van der Waals surface area (Å²) in [5.74, 6) is -1.75. The zero-order valence-corrected chi connectivity index (χ0v) is 11.4. The molecule has 1 heterocycles. The van der Waals surface area contributed by atoms with E-state index in [9.17, 15) is 18.0 Å². The first kappa shape index (κ1) is 15.1. The summed E-state index contributed by atoms with van der Waals surface area (Å²) in [7, 11) is 0. The van der Waals surface area contributed by atoms with Crippen LogP contribution in [0.2, 0.25) is 5.02 Å². The van der Waals surface area contributed by atoms with E-state index >= 15 is 0 Å². The van der Waals surface area contributed by atoms with Gasteiger partial charge in [0.1, 0.15) is 0 Å². The van der Waals surface area contributed by atoms with Gasteiger partial charge >= 0.3 is 12.1 Å². The number of carbonyl (C=O) groups is 1. The summed E-state index contributed by atoms with van der Waals surface area (Å²) < 4.78 is 36.9. The highest BCUT2D eigenvalue weighted by atomic mass is 35.5. The number of carbonyl (C=O) groups excluding carboxylic acids is 1. The fraction of sp³-hybridized carbons (Fsp3) is 0.462. The van der Waals surface area contributed by atoms with Crippen LogP contribution in [0.5, 0.6) is 0 Å². The van der Waals surface area contributed by atoms with E-state index < -0.39 is 12.1 Å². The molecule has 20 heavy (non-hydrogen) atoms. The van der Waals surface area contributed by atoms with Crippen LogP contribution in [0.4, 0.5) is 13.2 Å². The number of piperazine rings is 1. The maximum Gasteiger partial charge on any atom is 0.471 e. The first-order chi connectivity index (χ1) is 9.36. The molecule has 1 aromatic carbocycles. The predicted molar refractivity (Wildman–Crippen MR) is 69.4 cm³/mol. The SMILES string of the molecule is O=C(N1CCN(Cc2ccc(Cl)cc2)CC1)C(F)(F)F. The molecule has 110 valence electrons. The lowest BCUT2D eigenvalue weighted by Crippen LogP contribution is -2.52. The third-order valence-corrected chi connectivity index (χ3v) is 3.47. The van der Waals surface area contributed by atoms with E-state index in [0.29, 0.717) is 24.7 Å². The van der Waals surface area contributed by atoms with Gasteiger partial charge in [0, 0.05) is 37.7 Å². The van der Waals surface area contributed by atoms with Gasteiger partial charge in [-0.25, -0.2) is 0 Å². The second-order valence-corrected chi connectivity index (χ2v) is 5.13. The summed E-state index contributed by atoms with van der Waals surface area (Å²) in [5, 5.41) is 0.648. The molecule has 0 spiro atoms. The van der Waals surface area contributed by atoms with Crippen LogP contribution in [0.25, 0.3) is 0 Å². The maximum absolute atomic E-state index is 12.3. The van der Waals surface area contributed by atoms with Gasteiger partial charge in [-0.1, -0.05) is 23.7 Å². The highest BCUT2D eigenvalue weighted by molar-refractivity contribution is 6.30. The monoisotopic (exact) mass is 306 g/mol. The Kier molecular flexibility index (Phi) is 4.55. The molecule has 7 heteroatoms. The number of hydrogen-bond donors (Lipinski definition) is 0. The molecule has 0 unspecified atom stereocenters. The molecule has 0 N–H and O–H groups in total. The Hall–Kier alpha value is -1.27. The van der Waals surface area contributed by atoms with E-state index in [-0.39, 0.29) is 13.1 Å². The van der Waals surface area contributed by atoms with Crippen LogP contribution in [0.15, 0.2) is 24.3 Å². The fourth-order valence-corrected chi connectivity index (χ4v) is 2.26. The molecule has 0 saturated carbocycles. The van der Waals surface area contributed by atoms with Crippen molar-refractivity contribution in [2.75, 3.05) is 26.2 Å². The van der Waals surface area contributed by atoms with Crippen LogP contribution in [0.3, 0.4) is 0 Å². The average Bonchev–Trinajstić information content (AvgIpc) is 2.40. The van der Waals surface area contributed by atoms with Crippen molar-refractivity contribution < 1.29 is 18.0 Å². The lowest BCUT2D eigenvalue weighted by atomic mass is 10.2. The number of halogens is 4. The van der Waals surface area contributed by atoms with E-state index in [2.05, 4.69) is 0 Å². The second kappa shape index (κ2) is 6.01. The Morgan fingerprint density at radius 3 is 2.15 bits per heavy atom. The van der Waals surface area contributed by atoms with Gasteiger partial charge in [0.05, 0.1) is 0 Å². The molecule has 0 aromatic heterocycles. The fourth-order valence-electron chi connectivity index (χ4n) is 2.14. The number of rotatable bonds is 2. The normalized spacial score (nSPS) is 17.3. The number of nitrogens with zero attached hydrogens (tertiary/aromatic N) is 2. The summed E-state index contributed by atoms with van der Waals surface area (Å²) in [6.07, 6.45) is -4.78. The van der Waals surface area contributed by atoms with Gasteiger partial charge in [-0.05, 0) is 17.7 Å². The van der Waals surface area contributed by atoms with Crippen LogP contribution in [0, 0.1) is 0 Å². The van der Waals surface area contributed by atoms with E-state index in [1.54, 1.807) is 12.1 Å². The third-order valence-electron chi connectivity index (χ3n) is 3.22. The Morgan fingerprint density at radius 2 is 1.65 bits per heavy atom. The molecule has 0 atom stereocenters. The molecule has 0 radical (unpaired) electrons. The van der Waals surface area contributed by atoms with Crippen molar-refractivity contribution in [3.63, 3.8) is 0 Å². The number of alkyl halides is 3. The first-order valence-electron chi connectivity index (χ1n) is 6.19. The quantitative estimate of drug-likeness (QED) is 0.838. The van der Waals surface area contributed by atoms with Gasteiger partial charge in [-0.3, -0.25) is 9.69 Å². The molecule has 0 bridgehead atoms. The lowest BCUT2D eigenvalue weighted by molar-refractivity contribution is -0.187. The van der Waals surface area contributed by atoms with Crippen LogP contribution < -0.4 is 0 Å². The van der Waals surface area contributed by atoms with Gasteiger partial charge < -0.3 is 4.90 Å². The summed E-state index contributed by atoms with van der Waals surface area (Å²) in [6, 6.07) is 7.33. The zero-order chi connectivity index (χ0) is 14.8. The minimum atomic E-state index is -4.78. The number of amides is 1. The molecular formula is C13H14ClF3N2O. The van der Waals surface area contributed by atoms with Crippen LogP contribution in [-0.4, -0.2) is 48.1 Å². The Bertz CT molecular complexity index is 467. The largest absolute Gasteiger partial charge is 0.471 e. The van der Waals surface area contributed by atoms with Crippen molar-refractivity contribution in [1.82, 2.24) is 9.80 Å². The molecule has 1 saturated heterocycles. The molecule has 1 amide bonds. The van der Waals surface area contributed by atoms with Crippen molar-refractivity contribution in [2.24, 2.45) is 0 Å². The van der Waals surface area contributed by atoms with Gasteiger partial charge in [0.2, 0.25) is 0 Å². The van der Waals surface area contributed by atoms with Gasteiger partial charge in [0.15, 0.2) is 0 Å². The van der Waals surface area contributed by atoms with Crippen LogP contribution in [-0.2, 0) is 11.3 Å². The molecule has 1 aromatic rings. The Balaban J connectivity index is 1.85. The third kappa shape index (κ3) is 3.86. The van der Waals surface area contributed by atoms with Crippen molar-refractivity contribution in [3.8, 4) is 0 Å².